The molecule has 0 bridgehead atoms. The summed E-state index contributed by atoms with van der Waals surface area (Å²) in [6.45, 7) is 1.21. The Morgan fingerprint density at radius 1 is 1.06 bits per heavy atom. The number of hydrazine groups is 1. The average Bonchev–Trinajstić information content (AvgIpc) is 2.81. The van der Waals surface area contributed by atoms with Gasteiger partial charge in [-0.1, -0.05) is 59.0 Å². The second-order valence-electron chi connectivity index (χ2n) is 7.45. The zero-order valence-electron chi connectivity index (χ0n) is 18.4. The van der Waals surface area contributed by atoms with Crippen molar-refractivity contribution in [3.05, 3.63) is 72.3 Å². The lowest BCUT2D eigenvalue weighted by atomic mass is 10.0. The number of nitrogens with one attached hydrogen (secondary N) is 1. The number of carboxylic acids is 1. The van der Waals surface area contributed by atoms with Crippen LogP contribution in [0.25, 0.3) is 10.8 Å². The molecule has 1 amide bonds. The van der Waals surface area contributed by atoms with E-state index in [1.807, 2.05) is 42.5 Å². The predicted molar refractivity (Wildman–Crippen MR) is 125 cm³/mol. The van der Waals surface area contributed by atoms with E-state index in [1.165, 1.54) is 18.2 Å². The first kappa shape index (κ1) is 24.9. The lowest BCUT2D eigenvalue weighted by Gasteiger charge is -2.27. The van der Waals surface area contributed by atoms with Crippen LogP contribution in [0.5, 0.6) is 5.75 Å². The topological polar surface area (TPSA) is 130 Å². The molecule has 3 aromatic carbocycles. The summed E-state index contributed by atoms with van der Waals surface area (Å²) in [5.41, 5.74) is 3.09. The number of aliphatic carboxylic acids is 1. The molecular formula is C24H24N2O7S. The van der Waals surface area contributed by atoms with Gasteiger partial charge in [0.05, 0.1) is 13.0 Å². The highest BCUT2D eigenvalue weighted by atomic mass is 32.2. The first-order valence-electron chi connectivity index (χ1n) is 10.4. The fraction of sp³-hybridized carbons (Fsp3) is 0.208. The summed E-state index contributed by atoms with van der Waals surface area (Å²) < 4.78 is 32.9. The lowest BCUT2D eigenvalue weighted by molar-refractivity contribution is -0.140. The standard InChI is InChI=1S/C24H24N2O7S/c1-17(28)25-26(20(16-27)15-24(29)30)34(31,32)23-12-5-4-11-22(23)33-14-13-19-9-6-8-18-7-2-3-10-21(18)19/h2-12,16,20H,13-15H2,1H3,(H,25,28)(H,29,30). The second kappa shape index (κ2) is 10.9. The van der Waals surface area contributed by atoms with Gasteiger partial charge in [0.1, 0.15) is 23.0 Å². The van der Waals surface area contributed by atoms with Gasteiger partial charge in [-0.3, -0.25) is 15.0 Å². The molecule has 0 saturated heterocycles. The minimum absolute atomic E-state index is 0.0121. The third-order valence-corrected chi connectivity index (χ3v) is 6.78. The van der Waals surface area contributed by atoms with Gasteiger partial charge in [-0.15, -0.1) is 0 Å². The summed E-state index contributed by atoms with van der Waals surface area (Å²) >= 11 is 0. The molecule has 34 heavy (non-hydrogen) atoms. The molecule has 1 atom stereocenters. The summed E-state index contributed by atoms with van der Waals surface area (Å²) in [6.07, 6.45) is -0.167. The Bertz CT molecular complexity index is 1300. The third-order valence-electron chi connectivity index (χ3n) is 5.00. The van der Waals surface area contributed by atoms with Crippen LogP contribution in [0.15, 0.2) is 71.6 Å². The highest BCUT2D eigenvalue weighted by molar-refractivity contribution is 7.89. The summed E-state index contributed by atoms with van der Waals surface area (Å²) in [5.74, 6) is -2.17. The highest BCUT2D eigenvalue weighted by Gasteiger charge is 2.35. The van der Waals surface area contributed by atoms with E-state index in [1.54, 1.807) is 6.07 Å². The number of hydrogen-bond donors (Lipinski definition) is 2. The van der Waals surface area contributed by atoms with Crippen LogP contribution >= 0.6 is 0 Å². The van der Waals surface area contributed by atoms with Gasteiger partial charge in [-0.25, -0.2) is 8.42 Å². The van der Waals surface area contributed by atoms with Crippen molar-refractivity contribution in [3.63, 3.8) is 0 Å². The van der Waals surface area contributed by atoms with Crippen molar-refractivity contribution in [1.29, 1.82) is 0 Å². The number of nitrogens with zero attached hydrogens (tertiary/aromatic N) is 1. The van der Waals surface area contributed by atoms with Crippen LogP contribution in [-0.4, -0.2) is 48.7 Å². The maximum Gasteiger partial charge on any atom is 0.305 e. The molecule has 0 aliphatic carbocycles. The fourth-order valence-electron chi connectivity index (χ4n) is 3.51. The normalized spacial score (nSPS) is 12.3. The zero-order valence-corrected chi connectivity index (χ0v) is 19.2. The first-order valence-corrected chi connectivity index (χ1v) is 11.8. The predicted octanol–water partition coefficient (Wildman–Crippen LogP) is 2.55. The number of para-hydroxylation sites is 1. The van der Waals surface area contributed by atoms with Gasteiger partial charge in [0.15, 0.2) is 0 Å². The molecule has 9 nitrogen and oxygen atoms in total. The van der Waals surface area contributed by atoms with Crippen molar-refractivity contribution in [1.82, 2.24) is 9.84 Å². The van der Waals surface area contributed by atoms with Crippen LogP contribution in [0.4, 0.5) is 0 Å². The van der Waals surface area contributed by atoms with Crippen LogP contribution in [0, 0.1) is 0 Å². The molecule has 178 valence electrons. The second-order valence-corrected chi connectivity index (χ2v) is 9.24. The summed E-state index contributed by atoms with van der Waals surface area (Å²) in [4.78, 5) is 34.0. The van der Waals surface area contributed by atoms with E-state index in [4.69, 9.17) is 9.84 Å². The van der Waals surface area contributed by atoms with Crippen LogP contribution in [0.2, 0.25) is 0 Å². The van der Waals surface area contributed by atoms with Gasteiger partial charge in [-0.2, -0.15) is 0 Å². The van der Waals surface area contributed by atoms with Gasteiger partial charge in [-0.05, 0) is 28.5 Å². The van der Waals surface area contributed by atoms with E-state index >= 15 is 0 Å². The minimum atomic E-state index is -4.53. The average molecular weight is 485 g/mol. The van der Waals surface area contributed by atoms with Crippen molar-refractivity contribution in [2.75, 3.05) is 6.61 Å². The molecule has 0 aliphatic heterocycles. The van der Waals surface area contributed by atoms with E-state index < -0.39 is 34.4 Å². The lowest BCUT2D eigenvalue weighted by Crippen LogP contribution is -2.52. The van der Waals surface area contributed by atoms with Crippen LogP contribution in [0.1, 0.15) is 18.9 Å². The Morgan fingerprint density at radius 2 is 1.74 bits per heavy atom. The van der Waals surface area contributed by atoms with Gasteiger partial charge < -0.3 is 14.6 Å². The molecule has 3 rings (SSSR count). The Kier molecular flexibility index (Phi) is 7.98. The molecule has 10 heteroatoms. The number of hydrogen-bond acceptors (Lipinski definition) is 6. The molecule has 0 aliphatic rings. The van der Waals surface area contributed by atoms with E-state index in [2.05, 4.69) is 5.43 Å². The zero-order chi connectivity index (χ0) is 24.7. The van der Waals surface area contributed by atoms with E-state index in [0.717, 1.165) is 23.3 Å². The van der Waals surface area contributed by atoms with Gasteiger partial charge in [0, 0.05) is 13.3 Å². The number of aldehydes is 1. The monoisotopic (exact) mass is 484 g/mol. The van der Waals surface area contributed by atoms with E-state index in [-0.39, 0.29) is 23.5 Å². The fourth-order valence-corrected chi connectivity index (χ4v) is 5.08. The molecule has 3 aromatic rings. The van der Waals surface area contributed by atoms with Crippen molar-refractivity contribution in [2.24, 2.45) is 0 Å². The summed E-state index contributed by atoms with van der Waals surface area (Å²) in [6, 6.07) is 17.9. The maximum absolute atomic E-state index is 13.4. The maximum atomic E-state index is 13.4. The molecular weight excluding hydrogens is 460 g/mol. The molecule has 0 radical (unpaired) electrons. The number of benzene rings is 3. The molecule has 0 heterocycles. The number of fused-ring (bicyclic) bond motifs is 1. The molecule has 0 spiro atoms. The highest BCUT2D eigenvalue weighted by Crippen LogP contribution is 2.28. The van der Waals surface area contributed by atoms with Crippen LogP contribution < -0.4 is 10.2 Å². The summed E-state index contributed by atoms with van der Waals surface area (Å²) in [7, 11) is -4.53. The summed E-state index contributed by atoms with van der Waals surface area (Å²) in [5, 5.41) is 11.2. The van der Waals surface area contributed by atoms with Crippen LogP contribution in [0.3, 0.4) is 0 Å². The Morgan fingerprint density at radius 3 is 2.44 bits per heavy atom. The number of ether oxygens (including phenoxy) is 1. The molecule has 0 saturated carbocycles. The number of carbonyl (C=O) groups is 3. The van der Waals surface area contributed by atoms with Crippen molar-refractivity contribution in [3.8, 4) is 5.75 Å². The Labute approximate surface area is 197 Å². The number of amides is 1. The Hall–Kier alpha value is -3.76. The number of sulfonamides is 1. The van der Waals surface area contributed by atoms with Crippen molar-refractivity contribution < 1.29 is 32.6 Å². The quantitative estimate of drug-likeness (QED) is 0.316. The van der Waals surface area contributed by atoms with Gasteiger partial charge in [0.2, 0.25) is 5.91 Å². The minimum Gasteiger partial charge on any atom is -0.492 e. The Balaban J connectivity index is 1.87. The number of carboxylic acid groups (broad SMARTS) is 1. The number of carbonyl (C=O) groups excluding carboxylic acids is 2. The largest absolute Gasteiger partial charge is 0.492 e. The molecule has 2 N–H and O–H groups in total. The number of rotatable bonds is 11. The SMILES string of the molecule is CC(=O)NN(C(C=O)CC(=O)O)S(=O)(=O)c1ccccc1OCCc1cccc2ccccc12. The van der Waals surface area contributed by atoms with Crippen molar-refractivity contribution >= 4 is 39.0 Å². The van der Waals surface area contributed by atoms with Gasteiger partial charge in [0.25, 0.3) is 10.0 Å². The van der Waals surface area contributed by atoms with Crippen LogP contribution in [-0.2, 0) is 30.8 Å². The molecule has 0 aromatic heterocycles. The first-order chi connectivity index (χ1) is 16.2. The third kappa shape index (κ3) is 5.77. The smallest absolute Gasteiger partial charge is 0.305 e. The van der Waals surface area contributed by atoms with E-state index in [0.29, 0.717) is 10.8 Å². The van der Waals surface area contributed by atoms with Crippen molar-refractivity contribution in [2.45, 2.75) is 30.7 Å². The van der Waals surface area contributed by atoms with Gasteiger partial charge >= 0.3 is 5.97 Å². The molecule has 0 fully saturated rings. The van der Waals surface area contributed by atoms with E-state index in [9.17, 15) is 22.8 Å². The molecule has 1 unspecified atom stereocenters.